The maximum atomic E-state index is 13.8. The summed E-state index contributed by atoms with van der Waals surface area (Å²) in [4.78, 5) is 0.0799. The maximum Gasteiger partial charge on any atom is 0.238 e. The summed E-state index contributed by atoms with van der Waals surface area (Å²) in [5.74, 6) is -1.86. The Morgan fingerprint density at radius 3 is 2.68 bits per heavy atom. The van der Waals surface area contributed by atoms with E-state index in [-0.39, 0.29) is 4.90 Å². The zero-order chi connectivity index (χ0) is 24.3. The molecule has 1 heterocycles. The molecule has 9 heteroatoms. The molecule has 178 valence electrons. The summed E-state index contributed by atoms with van der Waals surface area (Å²) >= 11 is 0. The zero-order valence-electron chi connectivity index (χ0n) is 18.6. The van der Waals surface area contributed by atoms with Gasteiger partial charge in [0, 0.05) is 11.5 Å². The van der Waals surface area contributed by atoms with Crippen LogP contribution in [-0.2, 0) is 22.9 Å². The summed E-state index contributed by atoms with van der Waals surface area (Å²) < 4.78 is 52.7. The highest BCUT2D eigenvalue weighted by Crippen LogP contribution is 2.56. The van der Waals surface area contributed by atoms with E-state index in [4.69, 9.17) is 5.14 Å². The second-order valence-electron chi connectivity index (χ2n) is 9.43. The Kier molecular flexibility index (Phi) is 5.27. The monoisotopic (exact) mass is 485 g/mol. The molecule has 3 N–H and O–H groups in total. The van der Waals surface area contributed by atoms with Gasteiger partial charge in [0.05, 0.1) is 28.1 Å². The lowest BCUT2D eigenvalue weighted by molar-refractivity contribution is -0.0462. The summed E-state index contributed by atoms with van der Waals surface area (Å²) in [5, 5.41) is 21.5. The lowest BCUT2D eigenvalue weighted by Gasteiger charge is -2.42. The third-order valence-electron chi connectivity index (χ3n) is 7.52. The van der Waals surface area contributed by atoms with Crippen molar-refractivity contribution < 1.29 is 22.3 Å². The molecule has 0 unspecified atom stereocenters. The van der Waals surface area contributed by atoms with Crippen LogP contribution in [0.2, 0.25) is 0 Å². The fraction of sp³-hybridized carbons (Fsp3) is 0.320. The number of primary sulfonamides is 1. The lowest BCUT2D eigenvalue weighted by Crippen LogP contribution is -2.45. The summed E-state index contributed by atoms with van der Waals surface area (Å²) in [6.07, 6.45) is 6.17. The maximum absolute atomic E-state index is 13.8. The van der Waals surface area contributed by atoms with Gasteiger partial charge in [-0.1, -0.05) is 30.7 Å². The van der Waals surface area contributed by atoms with E-state index in [1.54, 1.807) is 29.1 Å². The molecular formula is C25H25F2N3O3S. The van der Waals surface area contributed by atoms with Crippen molar-refractivity contribution >= 4 is 16.1 Å². The normalized spacial score (nSPS) is 24.0. The Labute approximate surface area is 196 Å². The molecule has 1 fully saturated rings. The molecule has 5 rings (SSSR count). The Bertz CT molecular complexity index is 1430. The van der Waals surface area contributed by atoms with E-state index in [1.165, 1.54) is 12.1 Å². The first-order chi connectivity index (χ1) is 16.0. The van der Waals surface area contributed by atoms with Crippen LogP contribution in [0.15, 0.2) is 59.1 Å². The quantitative estimate of drug-likeness (QED) is 0.573. The summed E-state index contributed by atoms with van der Waals surface area (Å²) in [6.45, 7) is 2.02. The average Bonchev–Trinajstić information content (AvgIpc) is 3.30. The molecule has 0 radical (unpaired) electrons. The van der Waals surface area contributed by atoms with E-state index >= 15 is 0 Å². The Hall–Kier alpha value is -2.88. The second kappa shape index (κ2) is 7.83. The third kappa shape index (κ3) is 3.59. The van der Waals surface area contributed by atoms with Crippen LogP contribution in [0.4, 0.5) is 8.78 Å². The summed E-state index contributed by atoms with van der Waals surface area (Å²) in [6, 6.07) is 10.3. The summed E-state index contributed by atoms with van der Waals surface area (Å²) in [7, 11) is -3.86. The number of nitrogens with two attached hydrogens (primary N) is 1. The van der Waals surface area contributed by atoms with Gasteiger partial charge in [0.2, 0.25) is 10.0 Å². The van der Waals surface area contributed by atoms with Crippen molar-refractivity contribution in [1.29, 1.82) is 0 Å². The summed E-state index contributed by atoms with van der Waals surface area (Å²) in [5.41, 5.74) is 2.16. The SMILES string of the molecule is C[C@]12Cc3cnn(-c4ccc(F)c(F)c4)c3C=C1CC[C@@]2(O)CCc1ccccc1S(N)(=O)=O. The predicted octanol–water partition coefficient (Wildman–Crippen LogP) is 3.90. The van der Waals surface area contributed by atoms with Gasteiger partial charge in [-0.3, -0.25) is 0 Å². The molecule has 0 saturated heterocycles. The smallest absolute Gasteiger partial charge is 0.238 e. The minimum absolute atomic E-state index is 0.0799. The van der Waals surface area contributed by atoms with Crippen LogP contribution in [0.1, 0.15) is 43.0 Å². The minimum atomic E-state index is -3.86. The van der Waals surface area contributed by atoms with Crippen LogP contribution in [0.5, 0.6) is 0 Å². The van der Waals surface area contributed by atoms with Gasteiger partial charge in [0.1, 0.15) is 0 Å². The lowest BCUT2D eigenvalue weighted by atomic mass is 9.65. The minimum Gasteiger partial charge on any atom is -0.389 e. The molecule has 3 aromatic rings. The third-order valence-corrected chi connectivity index (χ3v) is 8.53. The van der Waals surface area contributed by atoms with E-state index in [2.05, 4.69) is 5.10 Å². The number of hydrogen-bond donors (Lipinski definition) is 2. The molecule has 2 atom stereocenters. The highest BCUT2D eigenvalue weighted by atomic mass is 32.2. The number of hydrogen-bond acceptors (Lipinski definition) is 4. The number of benzene rings is 2. The molecule has 0 amide bonds. The van der Waals surface area contributed by atoms with Crippen LogP contribution in [0.25, 0.3) is 11.8 Å². The van der Waals surface area contributed by atoms with Gasteiger partial charge in [0.15, 0.2) is 11.6 Å². The Balaban J connectivity index is 1.45. The molecular weight excluding hydrogens is 460 g/mol. The van der Waals surface area contributed by atoms with Crippen molar-refractivity contribution in [3.8, 4) is 5.69 Å². The molecule has 6 nitrogen and oxygen atoms in total. The largest absolute Gasteiger partial charge is 0.389 e. The van der Waals surface area contributed by atoms with Gasteiger partial charge in [-0.25, -0.2) is 27.0 Å². The van der Waals surface area contributed by atoms with Gasteiger partial charge in [-0.2, -0.15) is 5.10 Å². The topological polar surface area (TPSA) is 98.2 Å². The second-order valence-corrected chi connectivity index (χ2v) is 11.0. The van der Waals surface area contributed by atoms with Crippen molar-refractivity contribution in [3.63, 3.8) is 0 Å². The fourth-order valence-corrected chi connectivity index (χ4v) is 6.29. The van der Waals surface area contributed by atoms with Crippen LogP contribution in [0.3, 0.4) is 0 Å². The number of aromatic nitrogens is 2. The van der Waals surface area contributed by atoms with Gasteiger partial charge >= 0.3 is 0 Å². The highest BCUT2D eigenvalue weighted by molar-refractivity contribution is 7.89. The molecule has 0 bridgehead atoms. The standard InChI is InChI=1S/C25H25F2N3O3S/c1-24-14-17-15-29-30(19-6-7-20(26)21(27)13-19)22(17)12-18(24)9-11-25(24,31)10-8-16-4-2-3-5-23(16)34(28,32)33/h2-7,12-13,15,31H,8-11,14H2,1H3,(H2,28,32,33)/t24-,25-/m0/s1. The van der Waals surface area contributed by atoms with E-state index in [0.29, 0.717) is 43.4 Å². The Morgan fingerprint density at radius 2 is 1.94 bits per heavy atom. The Morgan fingerprint density at radius 1 is 1.18 bits per heavy atom. The highest BCUT2D eigenvalue weighted by Gasteiger charge is 2.54. The van der Waals surface area contributed by atoms with Gasteiger partial charge in [-0.05, 0) is 67.5 Å². The first kappa shape index (κ1) is 22.9. The number of fused-ring (bicyclic) bond motifs is 2. The first-order valence-corrected chi connectivity index (χ1v) is 12.6. The van der Waals surface area contributed by atoms with E-state index in [1.807, 2.05) is 13.0 Å². The number of sulfonamides is 1. The van der Waals surface area contributed by atoms with Crippen LogP contribution in [0, 0.1) is 17.0 Å². The van der Waals surface area contributed by atoms with Crippen molar-refractivity contribution in [1.82, 2.24) is 9.78 Å². The number of halogens is 2. The number of nitrogens with zero attached hydrogens (tertiary/aromatic N) is 2. The predicted molar refractivity (Wildman–Crippen MR) is 124 cm³/mol. The molecule has 0 aliphatic heterocycles. The van der Waals surface area contributed by atoms with E-state index in [0.717, 1.165) is 29.0 Å². The van der Waals surface area contributed by atoms with Crippen LogP contribution in [-0.4, -0.2) is 28.9 Å². The van der Waals surface area contributed by atoms with Crippen LogP contribution < -0.4 is 5.14 Å². The van der Waals surface area contributed by atoms with Crippen molar-refractivity contribution in [3.05, 3.63) is 82.7 Å². The van der Waals surface area contributed by atoms with Gasteiger partial charge in [0.25, 0.3) is 0 Å². The number of aliphatic hydroxyl groups is 1. The number of rotatable bonds is 5. The van der Waals surface area contributed by atoms with Crippen molar-refractivity contribution in [2.24, 2.45) is 10.6 Å². The van der Waals surface area contributed by atoms with E-state index in [9.17, 15) is 22.3 Å². The fourth-order valence-electron chi connectivity index (χ4n) is 5.48. The molecule has 34 heavy (non-hydrogen) atoms. The van der Waals surface area contributed by atoms with Gasteiger partial charge < -0.3 is 5.11 Å². The van der Waals surface area contributed by atoms with Crippen molar-refractivity contribution in [2.75, 3.05) is 0 Å². The average molecular weight is 486 g/mol. The molecule has 2 aliphatic rings. The van der Waals surface area contributed by atoms with Crippen LogP contribution >= 0.6 is 0 Å². The first-order valence-electron chi connectivity index (χ1n) is 11.1. The van der Waals surface area contributed by atoms with Gasteiger partial charge in [-0.15, -0.1) is 0 Å². The molecule has 0 spiro atoms. The number of aryl methyl sites for hydroxylation is 1. The molecule has 2 aliphatic carbocycles. The molecule has 1 saturated carbocycles. The molecule has 2 aromatic carbocycles. The van der Waals surface area contributed by atoms with Crippen molar-refractivity contribution in [2.45, 2.75) is 49.5 Å². The van der Waals surface area contributed by atoms with E-state index < -0.39 is 32.7 Å². The molecule has 1 aromatic heterocycles. The zero-order valence-corrected chi connectivity index (χ0v) is 19.4.